The fourth-order valence-electron chi connectivity index (χ4n) is 3.28. The summed E-state index contributed by atoms with van der Waals surface area (Å²) in [6.45, 7) is 23.6. The van der Waals surface area contributed by atoms with Gasteiger partial charge in [-0.1, -0.05) is 55.4 Å². The average molecular weight is 580 g/mol. The third-order valence-corrected chi connectivity index (χ3v) is 11.4. The van der Waals surface area contributed by atoms with Crippen LogP contribution in [0.2, 0.25) is 0 Å². The molecule has 0 aromatic carbocycles. The zero-order valence-corrected chi connectivity index (χ0v) is 25.4. The number of hydrogen-bond donors (Lipinski definition) is 1. The minimum absolute atomic E-state index is 0.207. The molecule has 1 N–H and O–H groups in total. The van der Waals surface area contributed by atoms with E-state index in [1.54, 1.807) is 0 Å². The summed E-state index contributed by atoms with van der Waals surface area (Å²) in [6, 6.07) is 0. The molecule has 0 spiro atoms. The molecule has 28 heavy (non-hydrogen) atoms. The maximum absolute atomic E-state index is 4.98. The molecule has 1 saturated heterocycles. The number of rotatable bonds is 10. The average Bonchev–Trinajstić information content (AvgIpc) is 3.11. The van der Waals surface area contributed by atoms with E-state index in [0.29, 0.717) is 0 Å². The van der Waals surface area contributed by atoms with Crippen molar-refractivity contribution in [2.45, 2.75) is 90.9 Å². The van der Waals surface area contributed by atoms with Gasteiger partial charge in [0.05, 0.1) is 0 Å². The molecule has 173 valence electrons. The van der Waals surface area contributed by atoms with Gasteiger partial charge in [0.15, 0.2) is 0 Å². The van der Waals surface area contributed by atoms with Crippen LogP contribution in [0.1, 0.15) is 68.2 Å². The minimum atomic E-state index is -1.94. The first-order valence-corrected chi connectivity index (χ1v) is 21.6. The van der Waals surface area contributed by atoms with E-state index in [1.807, 2.05) is 0 Å². The molecule has 1 aliphatic heterocycles. The fraction of sp³-hybridized carbons (Fsp3) is 1.00. The molecule has 0 aromatic rings. The van der Waals surface area contributed by atoms with Gasteiger partial charge in [-0.3, -0.25) is 0 Å². The van der Waals surface area contributed by atoms with E-state index in [-0.39, 0.29) is 15.8 Å². The van der Waals surface area contributed by atoms with Crippen LogP contribution in [0.3, 0.4) is 0 Å². The van der Waals surface area contributed by atoms with Crippen molar-refractivity contribution in [3.63, 3.8) is 0 Å². The molecule has 0 aromatic heterocycles. The molecule has 0 aliphatic carbocycles. The van der Waals surface area contributed by atoms with Gasteiger partial charge in [0.25, 0.3) is 0 Å². The Morgan fingerprint density at radius 2 is 1.00 bits per heavy atom. The molecule has 1 fully saturated rings. The van der Waals surface area contributed by atoms with Gasteiger partial charge < -0.3 is 10.1 Å². The Morgan fingerprint density at radius 3 is 1.18 bits per heavy atom. The second-order valence-electron chi connectivity index (χ2n) is 8.10. The molecule has 0 bridgehead atoms. The molecule has 0 saturated carbocycles. The van der Waals surface area contributed by atoms with Crippen LogP contribution in [0.15, 0.2) is 0 Å². The molecule has 0 radical (unpaired) electrons. The molecule has 0 amide bonds. The molecular weight excluding hydrogens is 534 g/mol. The zero-order chi connectivity index (χ0) is 22.1. The van der Waals surface area contributed by atoms with Crippen LogP contribution in [0.4, 0.5) is 0 Å². The van der Waals surface area contributed by atoms with E-state index in [2.05, 4.69) is 60.7 Å². The van der Waals surface area contributed by atoms with E-state index < -0.39 is 14.2 Å². The summed E-state index contributed by atoms with van der Waals surface area (Å²) < 4.78 is 4.94. The molecule has 1 heterocycles. The van der Waals surface area contributed by atoms with Crippen molar-refractivity contribution in [3.8, 4) is 0 Å². The summed E-state index contributed by atoms with van der Waals surface area (Å²) >= 11 is -1.94. The monoisotopic (exact) mass is 580 g/mol. The van der Waals surface area contributed by atoms with Crippen molar-refractivity contribution in [2.24, 2.45) is 0 Å². The van der Waals surface area contributed by atoms with Gasteiger partial charge in [0, 0.05) is 13.2 Å². The quantitative estimate of drug-likeness (QED) is 0.161. The Hall–Kier alpha value is 2.34. The topological polar surface area (TPSA) is 21.3 Å². The number of halogens is 3. The molecule has 1 aliphatic rings. The van der Waals surface area contributed by atoms with Crippen molar-refractivity contribution >= 4 is 44.1 Å². The predicted molar refractivity (Wildman–Crippen MR) is 135 cm³/mol. The van der Waals surface area contributed by atoms with Gasteiger partial charge in [0.2, 0.25) is 0 Å². The van der Waals surface area contributed by atoms with Crippen molar-refractivity contribution < 1.29 is 18.9 Å². The van der Waals surface area contributed by atoms with E-state index in [4.69, 9.17) is 33.0 Å². The van der Waals surface area contributed by atoms with Gasteiger partial charge in [-0.25, -0.2) is 0 Å². The summed E-state index contributed by atoms with van der Waals surface area (Å²) in [5.41, 5.74) is 3.50. The zero-order valence-electron chi connectivity index (χ0n) is 19.3. The van der Waals surface area contributed by atoms with Crippen LogP contribution in [0.5, 0.6) is 0 Å². The molecule has 0 atom stereocenters. The Bertz CT molecular complexity index is 286. The predicted octanol–water partition coefficient (Wildman–Crippen LogP) is 8.04. The molecule has 2 nitrogen and oxygen atoms in total. The molecule has 8 heteroatoms. The molecular formula is C20H45Cl3MoNOP2. The van der Waals surface area contributed by atoms with Crippen molar-refractivity contribution in [3.05, 3.63) is 0 Å². The number of ether oxygens (including phenoxy) is 1. The summed E-state index contributed by atoms with van der Waals surface area (Å²) in [7, 11) is 15.3. The Kier molecular flexibility index (Phi) is 24.6. The molecule has 1 rings (SSSR count). The summed E-state index contributed by atoms with van der Waals surface area (Å²) in [4.78, 5) is 0. The third-order valence-electron chi connectivity index (χ3n) is 4.57. The Balaban J connectivity index is 0. The number of hydrogen-bond acceptors (Lipinski definition) is 2. The Morgan fingerprint density at radius 1 is 0.714 bits per heavy atom. The third kappa shape index (κ3) is 21.6. The van der Waals surface area contributed by atoms with E-state index >= 15 is 0 Å². The van der Waals surface area contributed by atoms with Crippen molar-refractivity contribution in [1.29, 1.82) is 0 Å². The second kappa shape index (κ2) is 21.2. The van der Waals surface area contributed by atoms with Crippen molar-refractivity contribution in [2.75, 3.05) is 38.6 Å². The normalized spacial score (nSPS) is 14.4. The van der Waals surface area contributed by atoms with Crippen molar-refractivity contribution in [1.82, 2.24) is 5.32 Å². The maximum atomic E-state index is 4.98. The van der Waals surface area contributed by atoms with Crippen LogP contribution >= 0.6 is 44.1 Å². The van der Waals surface area contributed by atoms with Crippen LogP contribution < -0.4 is 5.32 Å². The fourth-order valence-corrected chi connectivity index (χ4v) is 8.56. The molecule has 0 unspecified atom stereocenters. The first-order chi connectivity index (χ1) is 13.0. The van der Waals surface area contributed by atoms with E-state index in [1.165, 1.54) is 38.3 Å². The van der Waals surface area contributed by atoms with E-state index in [0.717, 1.165) is 35.8 Å². The van der Waals surface area contributed by atoms with Crippen LogP contribution in [-0.4, -0.2) is 61.3 Å². The summed E-state index contributed by atoms with van der Waals surface area (Å²) in [6.07, 6.45) is 5.35. The van der Waals surface area contributed by atoms with Crippen LogP contribution in [0.25, 0.3) is 0 Å². The van der Waals surface area contributed by atoms with E-state index in [9.17, 15) is 0 Å². The first kappa shape index (κ1) is 32.5. The van der Waals surface area contributed by atoms with Crippen LogP contribution in [-0.2, 0) is 18.9 Å². The standard InChI is InChI=1S/C16H37NP2.C4H8O.3ClH.Mo/c1-13(2)18(14(3)4)11-9-17-10-12-19(15(5)6)16(7)8;1-2-4-5-3-1;;;;/h13-17H,9-12H2,1-8H3;1-4H2;3*1H;/q;;;;;+3/p-3. The van der Waals surface area contributed by atoms with Gasteiger partial charge >= 0.3 is 42.4 Å². The van der Waals surface area contributed by atoms with Gasteiger partial charge in [-0.05, 0) is 60.9 Å². The first-order valence-electron chi connectivity index (χ1n) is 10.5. The number of nitrogens with one attached hydrogen (secondary N) is 1. The summed E-state index contributed by atoms with van der Waals surface area (Å²) in [5.74, 6) is 0. The Labute approximate surface area is 196 Å². The second-order valence-corrected chi connectivity index (χ2v) is 24.3. The van der Waals surface area contributed by atoms with Crippen LogP contribution in [0, 0.1) is 0 Å². The van der Waals surface area contributed by atoms with Gasteiger partial charge in [-0.15, -0.1) is 15.8 Å². The SMILES string of the molecule is C1CCOC1.CC(C)P(CCNCCP(C(C)C)C(C)C)C(C)C.[Cl][Mo]([Cl])[Cl]. The van der Waals surface area contributed by atoms with Gasteiger partial charge in [-0.2, -0.15) is 0 Å². The summed E-state index contributed by atoms with van der Waals surface area (Å²) in [5, 5.41) is 3.70. The van der Waals surface area contributed by atoms with Gasteiger partial charge in [0.1, 0.15) is 0 Å².